The number of carboxylic acids is 1. The molecule has 18 heavy (non-hydrogen) atoms. The van der Waals surface area contributed by atoms with Gasteiger partial charge in [0.05, 0.1) is 5.69 Å². The lowest BCUT2D eigenvalue weighted by Crippen LogP contribution is -2.28. The number of benzene rings is 1. The van der Waals surface area contributed by atoms with Gasteiger partial charge in [0.1, 0.15) is 6.04 Å². The van der Waals surface area contributed by atoms with Gasteiger partial charge in [-0.2, -0.15) is 0 Å². The van der Waals surface area contributed by atoms with Crippen molar-refractivity contribution in [3.05, 3.63) is 66.0 Å². The average molecular weight is 242 g/mol. The Bertz CT molecular complexity index is 500. The van der Waals surface area contributed by atoms with E-state index in [2.05, 4.69) is 10.3 Å². The highest BCUT2D eigenvalue weighted by molar-refractivity contribution is 5.75. The highest BCUT2D eigenvalue weighted by atomic mass is 16.4. The second kappa shape index (κ2) is 5.93. The minimum Gasteiger partial charge on any atom is -0.480 e. The molecule has 0 aliphatic rings. The minimum atomic E-state index is -0.892. The summed E-state index contributed by atoms with van der Waals surface area (Å²) in [6.07, 6.45) is 1.69. The Kier molecular flexibility index (Phi) is 4.04. The summed E-state index contributed by atoms with van der Waals surface area (Å²) in [7, 11) is 0. The number of nitrogens with zero attached hydrogens (tertiary/aromatic N) is 1. The molecule has 0 bridgehead atoms. The van der Waals surface area contributed by atoms with E-state index in [1.807, 2.05) is 36.4 Å². The Balaban J connectivity index is 2.06. The molecule has 0 fully saturated rings. The Labute approximate surface area is 105 Å². The molecule has 2 N–H and O–H groups in total. The fourth-order valence-corrected chi connectivity index (χ4v) is 1.70. The zero-order chi connectivity index (χ0) is 12.8. The van der Waals surface area contributed by atoms with Gasteiger partial charge in [-0.15, -0.1) is 0 Å². The standard InChI is InChI=1S/C14H14N2O2/c17-14(18)13(11-6-2-1-3-7-11)16-10-12-8-4-5-9-15-12/h1-9,13,16H,10H2,(H,17,18). The van der Waals surface area contributed by atoms with Crippen LogP contribution in [-0.2, 0) is 11.3 Å². The molecule has 1 unspecified atom stereocenters. The maximum absolute atomic E-state index is 11.2. The number of carbonyl (C=O) groups is 1. The Hall–Kier alpha value is -2.20. The van der Waals surface area contributed by atoms with Crippen molar-refractivity contribution in [1.82, 2.24) is 10.3 Å². The van der Waals surface area contributed by atoms with Gasteiger partial charge >= 0.3 is 5.97 Å². The number of hydrogen-bond donors (Lipinski definition) is 2. The van der Waals surface area contributed by atoms with Crippen molar-refractivity contribution in [2.24, 2.45) is 0 Å². The summed E-state index contributed by atoms with van der Waals surface area (Å²) >= 11 is 0. The van der Waals surface area contributed by atoms with E-state index in [1.165, 1.54) is 0 Å². The van der Waals surface area contributed by atoms with E-state index in [0.29, 0.717) is 6.54 Å². The van der Waals surface area contributed by atoms with Crippen LogP contribution in [0.3, 0.4) is 0 Å². The molecule has 1 aromatic heterocycles. The first-order valence-electron chi connectivity index (χ1n) is 5.68. The number of hydrogen-bond acceptors (Lipinski definition) is 3. The van der Waals surface area contributed by atoms with Crippen molar-refractivity contribution in [1.29, 1.82) is 0 Å². The van der Waals surface area contributed by atoms with Crippen LogP contribution in [0.4, 0.5) is 0 Å². The molecular weight excluding hydrogens is 228 g/mol. The molecule has 4 nitrogen and oxygen atoms in total. The van der Waals surface area contributed by atoms with Crippen molar-refractivity contribution in [3.63, 3.8) is 0 Å². The van der Waals surface area contributed by atoms with Crippen LogP contribution in [0.15, 0.2) is 54.7 Å². The van der Waals surface area contributed by atoms with Gasteiger partial charge in [-0.25, -0.2) is 0 Å². The summed E-state index contributed by atoms with van der Waals surface area (Å²) in [6, 6.07) is 14.0. The first-order valence-corrected chi connectivity index (χ1v) is 5.68. The Morgan fingerprint density at radius 1 is 1.17 bits per heavy atom. The van der Waals surface area contributed by atoms with Crippen LogP contribution in [0.1, 0.15) is 17.3 Å². The molecule has 0 radical (unpaired) electrons. The fourth-order valence-electron chi connectivity index (χ4n) is 1.70. The molecule has 1 atom stereocenters. The highest BCUT2D eigenvalue weighted by Gasteiger charge is 2.18. The summed E-state index contributed by atoms with van der Waals surface area (Å²) in [5.74, 6) is -0.892. The maximum Gasteiger partial charge on any atom is 0.325 e. The molecule has 4 heteroatoms. The summed E-state index contributed by atoms with van der Waals surface area (Å²) in [4.78, 5) is 15.4. The van der Waals surface area contributed by atoms with E-state index in [-0.39, 0.29) is 0 Å². The lowest BCUT2D eigenvalue weighted by atomic mass is 10.1. The van der Waals surface area contributed by atoms with Gasteiger partial charge in [0, 0.05) is 12.7 Å². The van der Waals surface area contributed by atoms with Crippen LogP contribution < -0.4 is 5.32 Å². The second-order valence-corrected chi connectivity index (χ2v) is 3.88. The van der Waals surface area contributed by atoms with Crippen molar-refractivity contribution >= 4 is 5.97 Å². The lowest BCUT2D eigenvalue weighted by molar-refractivity contribution is -0.139. The molecule has 0 saturated carbocycles. The van der Waals surface area contributed by atoms with Crippen LogP contribution in [0.2, 0.25) is 0 Å². The molecule has 0 spiro atoms. The molecule has 0 aliphatic heterocycles. The quantitative estimate of drug-likeness (QED) is 0.841. The average Bonchev–Trinajstić information content (AvgIpc) is 2.41. The molecular formula is C14H14N2O2. The number of aliphatic carboxylic acids is 1. The first-order chi connectivity index (χ1) is 8.77. The fraction of sp³-hybridized carbons (Fsp3) is 0.143. The smallest absolute Gasteiger partial charge is 0.325 e. The summed E-state index contributed by atoms with van der Waals surface area (Å²) < 4.78 is 0. The SMILES string of the molecule is O=C(O)C(NCc1ccccn1)c1ccccc1. The maximum atomic E-state index is 11.2. The molecule has 0 saturated heterocycles. The van der Waals surface area contributed by atoms with Gasteiger partial charge in [0.15, 0.2) is 0 Å². The zero-order valence-corrected chi connectivity index (χ0v) is 9.78. The van der Waals surface area contributed by atoms with Crippen molar-refractivity contribution in [2.45, 2.75) is 12.6 Å². The van der Waals surface area contributed by atoms with Gasteiger partial charge in [-0.05, 0) is 17.7 Å². The molecule has 0 aliphatic carbocycles. The zero-order valence-electron chi connectivity index (χ0n) is 9.78. The Morgan fingerprint density at radius 3 is 2.50 bits per heavy atom. The number of rotatable bonds is 5. The second-order valence-electron chi connectivity index (χ2n) is 3.88. The van der Waals surface area contributed by atoms with Gasteiger partial charge in [0.2, 0.25) is 0 Å². The van der Waals surface area contributed by atoms with Gasteiger partial charge in [0.25, 0.3) is 0 Å². The Morgan fingerprint density at radius 2 is 1.89 bits per heavy atom. The van der Waals surface area contributed by atoms with E-state index in [0.717, 1.165) is 11.3 Å². The van der Waals surface area contributed by atoms with Crippen LogP contribution >= 0.6 is 0 Å². The predicted octanol–water partition coefficient (Wildman–Crippen LogP) is 2.00. The summed E-state index contributed by atoms with van der Waals surface area (Å²) in [5, 5.41) is 12.2. The van der Waals surface area contributed by atoms with E-state index in [4.69, 9.17) is 0 Å². The third kappa shape index (κ3) is 3.15. The van der Waals surface area contributed by atoms with E-state index in [1.54, 1.807) is 18.3 Å². The monoisotopic (exact) mass is 242 g/mol. The number of pyridine rings is 1. The largest absolute Gasteiger partial charge is 0.480 e. The van der Waals surface area contributed by atoms with Crippen molar-refractivity contribution < 1.29 is 9.90 Å². The number of nitrogens with one attached hydrogen (secondary N) is 1. The topological polar surface area (TPSA) is 62.2 Å². The normalized spacial score (nSPS) is 12.0. The molecule has 2 rings (SSSR count). The van der Waals surface area contributed by atoms with Gasteiger partial charge in [-0.3, -0.25) is 15.1 Å². The molecule has 2 aromatic rings. The third-order valence-corrected chi connectivity index (χ3v) is 2.59. The van der Waals surface area contributed by atoms with Crippen molar-refractivity contribution in [3.8, 4) is 0 Å². The summed E-state index contributed by atoms with van der Waals surface area (Å²) in [5.41, 5.74) is 1.56. The van der Waals surface area contributed by atoms with Gasteiger partial charge in [-0.1, -0.05) is 36.4 Å². The first kappa shape index (κ1) is 12.3. The number of aromatic nitrogens is 1. The predicted molar refractivity (Wildman–Crippen MR) is 67.9 cm³/mol. The van der Waals surface area contributed by atoms with Crippen LogP contribution in [0.25, 0.3) is 0 Å². The van der Waals surface area contributed by atoms with E-state index >= 15 is 0 Å². The van der Waals surface area contributed by atoms with Gasteiger partial charge < -0.3 is 5.11 Å². The third-order valence-electron chi connectivity index (χ3n) is 2.59. The van der Waals surface area contributed by atoms with Crippen LogP contribution in [0.5, 0.6) is 0 Å². The molecule has 0 amide bonds. The van der Waals surface area contributed by atoms with E-state index in [9.17, 15) is 9.90 Å². The van der Waals surface area contributed by atoms with Crippen LogP contribution in [0, 0.1) is 0 Å². The minimum absolute atomic E-state index is 0.423. The molecule has 1 heterocycles. The van der Waals surface area contributed by atoms with E-state index < -0.39 is 12.0 Å². The van der Waals surface area contributed by atoms with Crippen molar-refractivity contribution in [2.75, 3.05) is 0 Å². The number of carboxylic acid groups (broad SMARTS) is 1. The summed E-state index contributed by atoms with van der Waals surface area (Å²) in [6.45, 7) is 0.423. The molecule has 92 valence electrons. The molecule has 1 aromatic carbocycles. The lowest BCUT2D eigenvalue weighted by Gasteiger charge is -2.14. The highest BCUT2D eigenvalue weighted by Crippen LogP contribution is 2.13. The van der Waals surface area contributed by atoms with Crippen LogP contribution in [-0.4, -0.2) is 16.1 Å².